The second-order valence-electron chi connectivity index (χ2n) is 8.48. The molecule has 1 aromatic rings. The molecule has 0 unspecified atom stereocenters. The molecule has 1 aliphatic heterocycles. The third kappa shape index (κ3) is 14.6. The number of esters is 2. The number of hydrogen-bond donors (Lipinski definition) is 1. The summed E-state index contributed by atoms with van der Waals surface area (Å²) in [4.78, 5) is 24.7. The molecule has 0 atom stereocenters. The number of hydrogen-bond acceptors (Lipinski definition) is 5. The maximum atomic E-state index is 12.4. The summed E-state index contributed by atoms with van der Waals surface area (Å²) in [5.41, 5.74) is 0.586. The van der Waals surface area contributed by atoms with E-state index in [-0.39, 0.29) is 0 Å². The molecule has 5 nitrogen and oxygen atoms in total. The lowest BCUT2D eigenvalue weighted by atomic mass is 10.1. The topological polar surface area (TPSA) is 64.6 Å². The van der Waals surface area contributed by atoms with Gasteiger partial charge in [-0.2, -0.15) is 0 Å². The molecule has 0 radical (unpaired) electrons. The maximum absolute atomic E-state index is 12.4. The van der Waals surface area contributed by atoms with Gasteiger partial charge in [-0.25, -0.2) is 9.59 Å². The third-order valence-electron chi connectivity index (χ3n) is 5.52. The highest BCUT2D eigenvalue weighted by atomic mass is 16.5. The van der Waals surface area contributed by atoms with Crippen molar-refractivity contribution in [1.82, 2.24) is 5.32 Å². The Morgan fingerprint density at radius 2 is 1.06 bits per heavy atom. The molecule has 0 spiro atoms. The molecule has 186 valence electrons. The van der Waals surface area contributed by atoms with Crippen LogP contribution in [0.2, 0.25) is 0 Å². The van der Waals surface area contributed by atoms with E-state index in [1.807, 2.05) is 0 Å². The van der Waals surface area contributed by atoms with E-state index in [1.54, 1.807) is 24.3 Å². The van der Waals surface area contributed by atoms with E-state index in [1.165, 1.54) is 51.4 Å². The van der Waals surface area contributed by atoms with Crippen molar-refractivity contribution in [2.24, 2.45) is 0 Å². The molecular weight excluding hydrogens is 414 g/mol. The number of rotatable bonds is 16. The van der Waals surface area contributed by atoms with E-state index in [0.717, 1.165) is 38.8 Å². The molecule has 1 aliphatic rings. The molecule has 0 saturated heterocycles. The third-order valence-corrected chi connectivity index (χ3v) is 5.52. The molecule has 0 aliphatic carbocycles. The van der Waals surface area contributed by atoms with Crippen molar-refractivity contribution in [3.8, 4) is 0 Å². The number of nitrogens with one attached hydrogen (secondary N) is 1. The molecule has 5 heteroatoms. The van der Waals surface area contributed by atoms with E-state index >= 15 is 0 Å². The van der Waals surface area contributed by atoms with Gasteiger partial charge in [0.15, 0.2) is 0 Å². The molecule has 0 saturated carbocycles. The van der Waals surface area contributed by atoms with Gasteiger partial charge >= 0.3 is 11.9 Å². The quantitative estimate of drug-likeness (QED) is 0.166. The maximum Gasteiger partial charge on any atom is 0.339 e. The fraction of sp³-hybridized carbons (Fsp3) is 0.643. The zero-order chi connectivity index (χ0) is 24.0. The fourth-order valence-corrected chi connectivity index (χ4v) is 3.51. The molecule has 0 aromatic heterocycles. The van der Waals surface area contributed by atoms with Gasteiger partial charge in [0.2, 0.25) is 0 Å². The van der Waals surface area contributed by atoms with Crippen LogP contribution in [0.15, 0.2) is 36.4 Å². The van der Waals surface area contributed by atoms with Crippen molar-refractivity contribution in [2.45, 2.75) is 90.9 Å². The van der Waals surface area contributed by atoms with Gasteiger partial charge in [-0.15, -0.1) is 0 Å². The summed E-state index contributed by atoms with van der Waals surface area (Å²) in [5, 5.41) is 3.11. The van der Waals surface area contributed by atoms with Gasteiger partial charge in [-0.05, 0) is 25.0 Å². The smallest absolute Gasteiger partial charge is 0.339 e. The highest BCUT2D eigenvalue weighted by Gasteiger charge is 2.18. The highest BCUT2D eigenvalue weighted by Crippen LogP contribution is 2.14. The Morgan fingerprint density at radius 3 is 1.42 bits per heavy atom. The first-order valence-corrected chi connectivity index (χ1v) is 13.0. The first-order chi connectivity index (χ1) is 16.2. The predicted molar refractivity (Wildman–Crippen MR) is 136 cm³/mol. The zero-order valence-electron chi connectivity index (χ0n) is 20.9. The Morgan fingerprint density at radius 1 is 0.667 bits per heavy atom. The lowest BCUT2D eigenvalue weighted by molar-refractivity contribution is 0.0450. The van der Waals surface area contributed by atoms with Crippen LogP contribution < -0.4 is 5.32 Å². The van der Waals surface area contributed by atoms with Crippen LogP contribution in [0.5, 0.6) is 0 Å². The van der Waals surface area contributed by atoms with E-state index in [2.05, 4.69) is 31.3 Å². The second kappa shape index (κ2) is 20.5. The normalized spacial score (nSPS) is 12.2. The number of benzene rings is 1. The first-order valence-electron chi connectivity index (χ1n) is 13.0. The zero-order valence-corrected chi connectivity index (χ0v) is 20.9. The second-order valence-corrected chi connectivity index (χ2v) is 8.48. The number of carbonyl (C=O) groups excluding carboxylic acids is 2. The van der Waals surface area contributed by atoms with E-state index in [0.29, 0.717) is 24.3 Å². The molecule has 1 N–H and O–H groups in total. The Kier molecular flexibility index (Phi) is 17.9. The van der Waals surface area contributed by atoms with Crippen LogP contribution in [-0.4, -0.2) is 38.2 Å². The highest BCUT2D eigenvalue weighted by molar-refractivity contribution is 6.03. The summed E-state index contributed by atoms with van der Waals surface area (Å²) in [6.07, 6.45) is 17.9. The largest absolute Gasteiger partial charge is 0.462 e. The molecule has 0 bridgehead atoms. The van der Waals surface area contributed by atoms with Gasteiger partial charge in [0.05, 0.1) is 24.3 Å². The van der Waals surface area contributed by atoms with Crippen LogP contribution in [0.3, 0.4) is 0 Å². The van der Waals surface area contributed by atoms with Gasteiger partial charge in [-0.1, -0.05) is 102 Å². The summed E-state index contributed by atoms with van der Waals surface area (Å²) in [6.45, 7) is 7.31. The van der Waals surface area contributed by atoms with Crippen molar-refractivity contribution in [3.05, 3.63) is 47.5 Å². The van der Waals surface area contributed by atoms with E-state index in [4.69, 9.17) is 9.47 Å². The molecule has 1 heterocycles. The molecule has 33 heavy (non-hydrogen) atoms. The molecule has 1 aromatic carbocycles. The van der Waals surface area contributed by atoms with Crippen LogP contribution in [0.1, 0.15) is 112 Å². The standard InChI is InChI=1S/C24H38O4.C4H7N/c1-3-5-7-9-11-15-19-27-23(25)21-17-13-14-18-22(21)24(26)28-20-16-12-10-8-6-4-2;1-2-4-5-3-1/h13-14,17-18H,3-12,15-16,19-20H2,1-2H3;1-2,5H,3-4H2. The lowest BCUT2D eigenvalue weighted by Gasteiger charge is -2.10. The fourth-order valence-electron chi connectivity index (χ4n) is 3.51. The van der Waals surface area contributed by atoms with Gasteiger partial charge in [0, 0.05) is 13.1 Å². The lowest BCUT2D eigenvalue weighted by Crippen LogP contribution is -2.15. The van der Waals surface area contributed by atoms with Crippen molar-refractivity contribution in [2.75, 3.05) is 26.3 Å². The SMILES string of the molecule is C1=CCNC1.CCCCCCCCOC(=O)c1ccccc1C(=O)OCCCCCCCC. The van der Waals surface area contributed by atoms with Crippen molar-refractivity contribution >= 4 is 11.9 Å². The summed E-state index contributed by atoms with van der Waals surface area (Å²) < 4.78 is 10.7. The number of carbonyl (C=O) groups is 2. The van der Waals surface area contributed by atoms with Crippen LogP contribution in [-0.2, 0) is 9.47 Å². The Hall–Kier alpha value is -2.14. The average molecular weight is 460 g/mol. The van der Waals surface area contributed by atoms with Crippen molar-refractivity contribution < 1.29 is 19.1 Å². The molecular formula is C28H45NO4. The summed E-state index contributed by atoms with van der Waals surface area (Å²) >= 11 is 0. The summed E-state index contributed by atoms with van der Waals surface area (Å²) in [5.74, 6) is -0.888. The van der Waals surface area contributed by atoms with Crippen molar-refractivity contribution in [3.63, 3.8) is 0 Å². The molecule has 0 fully saturated rings. The summed E-state index contributed by atoms with van der Waals surface area (Å²) in [7, 11) is 0. The van der Waals surface area contributed by atoms with E-state index in [9.17, 15) is 9.59 Å². The Balaban J connectivity index is 0.000000953. The minimum Gasteiger partial charge on any atom is -0.462 e. The van der Waals surface area contributed by atoms with E-state index < -0.39 is 11.9 Å². The average Bonchev–Trinajstić information content (AvgIpc) is 3.43. The van der Waals surface area contributed by atoms with Gasteiger partial charge in [0.1, 0.15) is 0 Å². The van der Waals surface area contributed by atoms with Gasteiger partial charge in [-0.3, -0.25) is 0 Å². The van der Waals surface area contributed by atoms with Gasteiger partial charge < -0.3 is 14.8 Å². The van der Waals surface area contributed by atoms with Gasteiger partial charge in [0.25, 0.3) is 0 Å². The molecule has 2 rings (SSSR count). The minimum absolute atomic E-state index is 0.293. The number of ether oxygens (including phenoxy) is 2. The predicted octanol–water partition coefficient (Wildman–Crippen LogP) is 6.87. The van der Waals surface area contributed by atoms with Crippen LogP contribution in [0.25, 0.3) is 0 Å². The Bertz CT molecular complexity index is 617. The van der Waals surface area contributed by atoms with Crippen LogP contribution in [0, 0.1) is 0 Å². The first kappa shape index (κ1) is 28.9. The van der Waals surface area contributed by atoms with Crippen LogP contribution in [0.4, 0.5) is 0 Å². The Labute approximate surface area is 201 Å². The number of unbranched alkanes of at least 4 members (excludes halogenated alkanes) is 10. The minimum atomic E-state index is -0.444. The summed E-state index contributed by atoms with van der Waals surface area (Å²) in [6, 6.07) is 6.74. The monoisotopic (exact) mass is 459 g/mol. The molecule has 0 amide bonds. The van der Waals surface area contributed by atoms with Crippen molar-refractivity contribution in [1.29, 1.82) is 0 Å². The van der Waals surface area contributed by atoms with Crippen LogP contribution >= 0.6 is 0 Å².